The van der Waals surface area contributed by atoms with Gasteiger partial charge in [0.25, 0.3) is 0 Å². The highest BCUT2D eigenvalue weighted by Gasteiger charge is 2.12. The molecule has 4 N–H and O–H groups in total. The third-order valence-electron chi connectivity index (χ3n) is 2.45. The summed E-state index contributed by atoms with van der Waals surface area (Å²) in [5.41, 5.74) is 5.77. The van der Waals surface area contributed by atoms with Crippen LogP contribution in [0, 0.1) is 0 Å². The predicted octanol–water partition coefficient (Wildman–Crippen LogP) is -1.02. The first-order valence-corrected chi connectivity index (χ1v) is 5.07. The zero-order chi connectivity index (χ0) is 11.4. The number of rotatable bonds is 2. The standard InChI is InChI=1S/C9H14N6O/c10-9(14-16)7-5-13-8(6-12-7)15-3-1-11-2-4-15/h5-6,11,16H,1-4H2,(H2,10,14). The van der Waals surface area contributed by atoms with Gasteiger partial charge in [0.15, 0.2) is 5.84 Å². The Labute approximate surface area is 93.0 Å². The topological polar surface area (TPSA) is 99.7 Å². The first kappa shape index (κ1) is 10.6. The third kappa shape index (κ3) is 2.19. The molecule has 7 heteroatoms. The summed E-state index contributed by atoms with van der Waals surface area (Å²) in [6, 6.07) is 0. The zero-order valence-electron chi connectivity index (χ0n) is 8.80. The average molecular weight is 222 g/mol. The van der Waals surface area contributed by atoms with Gasteiger partial charge in [0.1, 0.15) is 11.5 Å². The van der Waals surface area contributed by atoms with Gasteiger partial charge in [-0.3, -0.25) is 0 Å². The van der Waals surface area contributed by atoms with E-state index in [1.165, 1.54) is 6.20 Å². The Morgan fingerprint density at radius 1 is 1.38 bits per heavy atom. The van der Waals surface area contributed by atoms with E-state index in [0.717, 1.165) is 32.0 Å². The molecule has 0 bridgehead atoms. The fourth-order valence-corrected chi connectivity index (χ4v) is 1.56. The lowest BCUT2D eigenvalue weighted by atomic mass is 10.3. The van der Waals surface area contributed by atoms with Crippen molar-refractivity contribution in [3.05, 3.63) is 18.1 Å². The number of nitrogens with zero attached hydrogens (tertiary/aromatic N) is 4. The summed E-state index contributed by atoms with van der Waals surface area (Å²) in [5.74, 6) is 0.787. The van der Waals surface area contributed by atoms with Crippen LogP contribution in [0.4, 0.5) is 5.82 Å². The van der Waals surface area contributed by atoms with Crippen LogP contribution in [-0.4, -0.2) is 47.2 Å². The van der Waals surface area contributed by atoms with Crippen molar-refractivity contribution in [2.75, 3.05) is 31.1 Å². The van der Waals surface area contributed by atoms with Gasteiger partial charge in [-0.05, 0) is 0 Å². The van der Waals surface area contributed by atoms with Crippen molar-refractivity contribution in [2.45, 2.75) is 0 Å². The van der Waals surface area contributed by atoms with Crippen LogP contribution < -0.4 is 16.0 Å². The van der Waals surface area contributed by atoms with Crippen LogP contribution in [0.5, 0.6) is 0 Å². The molecule has 0 radical (unpaired) electrons. The molecule has 1 fully saturated rings. The van der Waals surface area contributed by atoms with E-state index in [2.05, 4.69) is 25.3 Å². The lowest BCUT2D eigenvalue weighted by molar-refractivity contribution is 0.318. The van der Waals surface area contributed by atoms with Gasteiger partial charge >= 0.3 is 0 Å². The van der Waals surface area contributed by atoms with Crippen LogP contribution in [0.1, 0.15) is 5.69 Å². The first-order chi connectivity index (χ1) is 7.81. The van der Waals surface area contributed by atoms with Crippen LogP contribution in [0.3, 0.4) is 0 Å². The SMILES string of the molecule is N/C(=N\O)c1cnc(N2CCNCC2)cn1. The maximum atomic E-state index is 8.48. The number of amidine groups is 1. The molecule has 1 aliphatic rings. The number of hydrogen-bond acceptors (Lipinski definition) is 6. The van der Waals surface area contributed by atoms with Gasteiger partial charge in [-0.25, -0.2) is 9.97 Å². The minimum absolute atomic E-state index is 0.0284. The number of anilines is 1. The summed E-state index contributed by atoms with van der Waals surface area (Å²) >= 11 is 0. The summed E-state index contributed by atoms with van der Waals surface area (Å²) in [6.07, 6.45) is 3.14. The van der Waals surface area contributed by atoms with Crippen molar-refractivity contribution < 1.29 is 5.21 Å². The summed E-state index contributed by atoms with van der Waals surface area (Å²) in [6.45, 7) is 3.72. The first-order valence-electron chi connectivity index (χ1n) is 5.07. The minimum Gasteiger partial charge on any atom is -0.409 e. The fraction of sp³-hybridized carbons (Fsp3) is 0.444. The van der Waals surface area contributed by atoms with E-state index in [0.29, 0.717) is 5.69 Å². The highest BCUT2D eigenvalue weighted by Crippen LogP contribution is 2.09. The monoisotopic (exact) mass is 222 g/mol. The summed E-state index contributed by atoms with van der Waals surface area (Å²) in [5, 5.41) is 14.6. The van der Waals surface area contributed by atoms with Gasteiger partial charge in [0, 0.05) is 26.2 Å². The Morgan fingerprint density at radius 3 is 2.69 bits per heavy atom. The average Bonchev–Trinajstić information content (AvgIpc) is 2.39. The summed E-state index contributed by atoms with van der Waals surface area (Å²) in [7, 11) is 0. The Kier molecular flexibility index (Phi) is 3.16. The molecule has 7 nitrogen and oxygen atoms in total. The molecule has 86 valence electrons. The second-order valence-electron chi connectivity index (χ2n) is 3.48. The largest absolute Gasteiger partial charge is 0.409 e. The second-order valence-corrected chi connectivity index (χ2v) is 3.48. The van der Waals surface area contributed by atoms with Gasteiger partial charge in [-0.1, -0.05) is 5.16 Å². The fourth-order valence-electron chi connectivity index (χ4n) is 1.56. The number of aromatic nitrogens is 2. The highest BCUT2D eigenvalue weighted by molar-refractivity contribution is 5.94. The molecular formula is C9H14N6O. The third-order valence-corrected chi connectivity index (χ3v) is 2.45. The van der Waals surface area contributed by atoms with Crippen LogP contribution in [-0.2, 0) is 0 Å². The van der Waals surface area contributed by atoms with E-state index in [4.69, 9.17) is 10.9 Å². The van der Waals surface area contributed by atoms with E-state index in [1.54, 1.807) is 6.20 Å². The van der Waals surface area contributed by atoms with E-state index < -0.39 is 0 Å². The van der Waals surface area contributed by atoms with Crippen LogP contribution >= 0.6 is 0 Å². The number of piperazine rings is 1. The number of nitrogens with one attached hydrogen (secondary N) is 1. The van der Waals surface area contributed by atoms with Gasteiger partial charge in [-0.2, -0.15) is 0 Å². The molecular weight excluding hydrogens is 208 g/mol. The molecule has 1 saturated heterocycles. The molecule has 0 unspecified atom stereocenters. The number of nitrogens with two attached hydrogens (primary N) is 1. The van der Waals surface area contributed by atoms with Crippen molar-refractivity contribution >= 4 is 11.7 Å². The predicted molar refractivity (Wildman–Crippen MR) is 59.6 cm³/mol. The molecule has 0 aromatic carbocycles. The normalized spacial score (nSPS) is 17.5. The Balaban J connectivity index is 2.12. The van der Waals surface area contributed by atoms with Crippen molar-refractivity contribution in [3.63, 3.8) is 0 Å². The lowest BCUT2D eigenvalue weighted by Gasteiger charge is -2.27. The van der Waals surface area contributed by atoms with E-state index in [-0.39, 0.29) is 5.84 Å². The Morgan fingerprint density at radius 2 is 2.12 bits per heavy atom. The second kappa shape index (κ2) is 4.75. The molecule has 2 heterocycles. The molecule has 1 aromatic heterocycles. The zero-order valence-corrected chi connectivity index (χ0v) is 8.80. The molecule has 0 spiro atoms. The van der Waals surface area contributed by atoms with E-state index in [9.17, 15) is 0 Å². The number of oxime groups is 1. The summed E-state index contributed by atoms with van der Waals surface area (Å²) < 4.78 is 0. The van der Waals surface area contributed by atoms with Crippen molar-refractivity contribution in [3.8, 4) is 0 Å². The van der Waals surface area contributed by atoms with E-state index in [1.807, 2.05) is 0 Å². The molecule has 0 saturated carbocycles. The van der Waals surface area contributed by atoms with Gasteiger partial charge in [0.05, 0.1) is 12.4 Å². The minimum atomic E-state index is -0.0284. The molecule has 0 aliphatic carbocycles. The Bertz CT molecular complexity index is 370. The molecule has 16 heavy (non-hydrogen) atoms. The van der Waals surface area contributed by atoms with Crippen molar-refractivity contribution in [1.29, 1.82) is 0 Å². The van der Waals surface area contributed by atoms with Crippen molar-refractivity contribution in [2.24, 2.45) is 10.9 Å². The summed E-state index contributed by atoms with van der Waals surface area (Å²) in [4.78, 5) is 10.5. The molecule has 2 rings (SSSR count). The van der Waals surface area contributed by atoms with Crippen molar-refractivity contribution in [1.82, 2.24) is 15.3 Å². The van der Waals surface area contributed by atoms with Gasteiger partial charge in [0.2, 0.25) is 0 Å². The molecule has 1 aromatic rings. The van der Waals surface area contributed by atoms with Crippen LogP contribution in [0.2, 0.25) is 0 Å². The molecule has 0 atom stereocenters. The quantitative estimate of drug-likeness (QED) is 0.256. The van der Waals surface area contributed by atoms with Gasteiger partial charge in [-0.15, -0.1) is 0 Å². The molecule has 1 aliphatic heterocycles. The number of hydrogen-bond donors (Lipinski definition) is 3. The Hall–Kier alpha value is -1.89. The lowest BCUT2D eigenvalue weighted by Crippen LogP contribution is -2.44. The van der Waals surface area contributed by atoms with Crippen LogP contribution in [0.15, 0.2) is 17.5 Å². The maximum Gasteiger partial charge on any atom is 0.190 e. The highest BCUT2D eigenvalue weighted by atomic mass is 16.4. The van der Waals surface area contributed by atoms with E-state index >= 15 is 0 Å². The smallest absolute Gasteiger partial charge is 0.190 e. The van der Waals surface area contributed by atoms with Crippen LogP contribution in [0.25, 0.3) is 0 Å². The maximum absolute atomic E-state index is 8.48. The molecule has 0 amide bonds. The van der Waals surface area contributed by atoms with Gasteiger partial charge < -0.3 is 21.2 Å².